The standard InChI is InChI=1S/C68H43BN2/c1-3-13-44(14-4-1)47-25-31-54(32-26-47)70-64-42-53(52-24-23-46-17-7-8-20-51(46)41-52)43-65-66(64)69(62-39-37-58-56-21-11-9-18-49(56)29-35-60(58)67(62)70)63-40-38-59-57-22-12-10-19-50(57)30-36-61(59)68(63)71(65)55-33-27-48(28-34-55)45-15-5-2-6-16-45/h1-43H. The van der Waals surface area contributed by atoms with Crippen LogP contribution in [-0.4, -0.2) is 6.71 Å². The third-order valence-electron chi connectivity index (χ3n) is 15.4. The largest absolute Gasteiger partial charge is 0.311 e. The predicted molar refractivity (Wildman–Crippen MR) is 304 cm³/mol. The Kier molecular flexibility index (Phi) is 8.79. The summed E-state index contributed by atoms with van der Waals surface area (Å²) in [6.45, 7) is -0.0675. The molecule has 0 amide bonds. The van der Waals surface area contributed by atoms with Crippen molar-refractivity contribution in [1.82, 2.24) is 0 Å². The van der Waals surface area contributed by atoms with E-state index in [1.54, 1.807) is 0 Å². The predicted octanol–water partition coefficient (Wildman–Crippen LogP) is 16.5. The van der Waals surface area contributed by atoms with Crippen LogP contribution in [0.15, 0.2) is 261 Å². The molecule has 2 nitrogen and oxygen atoms in total. The van der Waals surface area contributed by atoms with Crippen molar-refractivity contribution < 1.29 is 0 Å². The lowest BCUT2D eigenvalue weighted by Crippen LogP contribution is -2.61. The van der Waals surface area contributed by atoms with Crippen LogP contribution in [0.3, 0.4) is 0 Å². The highest BCUT2D eigenvalue weighted by Gasteiger charge is 2.45. The van der Waals surface area contributed by atoms with E-state index in [1.807, 2.05) is 0 Å². The lowest BCUT2D eigenvalue weighted by molar-refractivity contribution is 1.27. The van der Waals surface area contributed by atoms with Crippen LogP contribution in [0.1, 0.15) is 0 Å². The minimum atomic E-state index is -0.0675. The second kappa shape index (κ2) is 15.7. The van der Waals surface area contributed by atoms with Gasteiger partial charge in [-0.1, -0.05) is 218 Å². The SMILES string of the molecule is c1ccc(-c2ccc(N3c4cc(-c5ccc6ccccc6c5)cc5c4B(c4ccc6c(ccc7ccccc76)c43)c3ccc4c(ccc6ccccc64)c3N5c3ccc(-c4ccccc4)cc3)cc2)cc1. The fourth-order valence-electron chi connectivity index (χ4n) is 12.1. The molecule has 0 spiro atoms. The maximum absolute atomic E-state index is 2.59. The zero-order valence-electron chi connectivity index (χ0n) is 38.8. The monoisotopic (exact) mass is 898 g/mol. The van der Waals surface area contributed by atoms with Gasteiger partial charge in [-0.2, -0.15) is 0 Å². The first-order valence-electron chi connectivity index (χ1n) is 24.7. The second-order valence-electron chi connectivity index (χ2n) is 19.2. The van der Waals surface area contributed by atoms with Crippen LogP contribution in [0.5, 0.6) is 0 Å². The number of rotatable bonds is 5. The molecule has 15 rings (SSSR count). The van der Waals surface area contributed by atoms with Gasteiger partial charge in [-0.3, -0.25) is 0 Å². The van der Waals surface area contributed by atoms with Gasteiger partial charge in [-0.25, -0.2) is 0 Å². The summed E-state index contributed by atoms with van der Waals surface area (Å²) in [6, 6.07) is 97.3. The maximum Gasteiger partial charge on any atom is 0.252 e. The molecule has 0 atom stereocenters. The van der Waals surface area contributed by atoms with Crippen molar-refractivity contribution in [2.24, 2.45) is 0 Å². The lowest BCUT2D eigenvalue weighted by Gasteiger charge is -2.45. The third-order valence-corrected chi connectivity index (χ3v) is 15.4. The normalized spacial score (nSPS) is 12.7. The smallest absolute Gasteiger partial charge is 0.252 e. The molecule has 0 N–H and O–H groups in total. The van der Waals surface area contributed by atoms with E-state index >= 15 is 0 Å². The molecule has 71 heavy (non-hydrogen) atoms. The highest BCUT2D eigenvalue weighted by Crippen LogP contribution is 2.50. The summed E-state index contributed by atoms with van der Waals surface area (Å²) in [4.78, 5) is 5.19. The number of nitrogens with zero attached hydrogens (tertiary/aromatic N) is 2. The van der Waals surface area contributed by atoms with E-state index in [9.17, 15) is 0 Å². The van der Waals surface area contributed by atoms with E-state index in [4.69, 9.17) is 0 Å². The van der Waals surface area contributed by atoms with Gasteiger partial charge in [0, 0.05) is 44.9 Å². The molecule has 0 unspecified atom stereocenters. The van der Waals surface area contributed by atoms with Gasteiger partial charge >= 0.3 is 0 Å². The second-order valence-corrected chi connectivity index (χ2v) is 19.2. The van der Waals surface area contributed by atoms with Crippen LogP contribution in [0.4, 0.5) is 34.1 Å². The van der Waals surface area contributed by atoms with E-state index < -0.39 is 0 Å². The Hall–Kier alpha value is -9.18. The minimum Gasteiger partial charge on any atom is -0.311 e. The van der Waals surface area contributed by atoms with Crippen LogP contribution in [0.25, 0.3) is 87.2 Å². The average Bonchev–Trinajstić information content (AvgIpc) is 3.45. The fraction of sp³-hybridized carbons (Fsp3) is 0. The van der Waals surface area contributed by atoms with Gasteiger partial charge in [-0.15, -0.1) is 0 Å². The van der Waals surface area contributed by atoms with Crippen LogP contribution in [0, 0.1) is 0 Å². The Bertz CT molecular complexity index is 4040. The Balaban J connectivity index is 1.08. The quantitative estimate of drug-likeness (QED) is 0.125. The molecule has 13 aromatic carbocycles. The first kappa shape index (κ1) is 39.8. The highest BCUT2D eigenvalue weighted by atomic mass is 15.2. The number of fused-ring (bicyclic) bond motifs is 13. The molecule has 2 heterocycles. The molecule has 3 heteroatoms. The molecule has 0 saturated carbocycles. The summed E-state index contributed by atoms with van der Waals surface area (Å²) in [5, 5.41) is 12.4. The zero-order valence-corrected chi connectivity index (χ0v) is 38.8. The van der Waals surface area contributed by atoms with Gasteiger partial charge in [0.25, 0.3) is 6.71 Å². The van der Waals surface area contributed by atoms with E-state index in [0.29, 0.717) is 0 Å². The van der Waals surface area contributed by atoms with Gasteiger partial charge in [0.05, 0.1) is 0 Å². The lowest BCUT2D eigenvalue weighted by atomic mass is 9.33. The molecule has 0 radical (unpaired) electrons. The summed E-state index contributed by atoms with van der Waals surface area (Å²) in [7, 11) is 0. The highest BCUT2D eigenvalue weighted by molar-refractivity contribution is 7.01. The summed E-state index contributed by atoms with van der Waals surface area (Å²) in [6.07, 6.45) is 0. The molecule has 0 aliphatic carbocycles. The van der Waals surface area contributed by atoms with Gasteiger partial charge in [0.1, 0.15) is 0 Å². The molecule has 0 bridgehead atoms. The molecule has 0 saturated heterocycles. The van der Waals surface area contributed by atoms with Gasteiger partial charge < -0.3 is 9.80 Å². The summed E-state index contributed by atoms with van der Waals surface area (Å²) < 4.78 is 0. The summed E-state index contributed by atoms with van der Waals surface area (Å²) in [5.41, 5.74) is 18.1. The van der Waals surface area contributed by atoms with Crippen molar-refractivity contribution in [3.8, 4) is 33.4 Å². The van der Waals surface area contributed by atoms with Crippen molar-refractivity contribution in [3.05, 3.63) is 261 Å². The zero-order chi connectivity index (χ0) is 46.6. The van der Waals surface area contributed by atoms with Crippen molar-refractivity contribution in [3.63, 3.8) is 0 Å². The third kappa shape index (κ3) is 6.16. The van der Waals surface area contributed by atoms with Crippen LogP contribution >= 0.6 is 0 Å². The Labute approximate surface area is 413 Å². The van der Waals surface area contributed by atoms with Crippen molar-refractivity contribution in [2.75, 3.05) is 9.80 Å². The minimum absolute atomic E-state index is 0.0675. The van der Waals surface area contributed by atoms with E-state index in [1.165, 1.54) is 126 Å². The average molecular weight is 899 g/mol. The molecule has 0 fully saturated rings. The first-order valence-corrected chi connectivity index (χ1v) is 24.7. The van der Waals surface area contributed by atoms with Gasteiger partial charge in [0.15, 0.2) is 0 Å². The Morgan fingerprint density at radius 2 is 0.634 bits per heavy atom. The fourth-order valence-corrected chi connectivity index (χ4v) is 12.1. The number of hydrogen-bond acceptors (Lipinski definition) is 2. The number of anilines is 6. The number of hydrogen-bond donors (Lipinski definition) is 0. The van der Waals surface area contributed by atoms with Crippen LogP contribution in [-0.2, 0) is 0 Å². The van der Waals surface area contributed by atoms with Crippen molar-refractivity contribution in [2.45, 2.75) is 0 Å². The Morgan fingerprint density at radius 1 is 0.239 bits per heavy atom. The summed E-state index contributed by atoms with van der Waals surface area (Å²) >= 11 is 0. The topological polar surface area (TPSA) is 6.48 Å². The van der Waals surface area contributed by atoms with Crippen LogP contribution < -0.4 is 26.2 Å². The van der Waals surface area contributed by atoms with Crippen molar-refractivity contribution >= 4 is 111 Å². The van der Waals surface area contributed by atoms with Gasteiger partial charge in [-0.05, 0) is 135 Å². The van der Waals surface area contributed by atoms with E-state index in [-0.39, 0.29) is 6.71 Å². The first-order chi connectivity index (χ1) is 35.2. The Morgan fingerprint density at radius 3 is 1.14 bits per heavy atom. The maximum atomic E-state index is 2.59. The molecule has 328 valence electrons. The molecule has 2 aliphatic rings. The number of benzene rings is 13. The molecular formula is C68H43BN2. The molecular weight excluding hydrogens is 856 g/mol. The van der Waals surface area contributed by atoms with Crippen LogP contribution in [0.2, 0.25) is 0 Å². The summed E-state index contributed by atoms with van der Waals surface area (Å²) in [5.74, 6) is 0. The molecule has 0 aromatic heterocycles. The van der Waals surface area contributed by atoms with E-state index in [2.05, 4.69) is 271 Å². The van der Waals surface area contributed by atoms with Crippen molar-refractivity contribution in [1.29, 1.82) is 0 Å². The van der Waals surface area contributed by atoms with E-state index in [0.717, 1.165) is 11.4 Å². The molecule has 2 aliphatic heterocycles. The molecule has 13 aromatic rings. The van der Waals surface area contributed by atoms with Gasteiger partial charge in [0.2, 0.25) is 0 Å².